The van der Waals surface area contributed by atoms with Crippen molar-refractivity contribution in [2.45, 2.75) is 6.54 Å². The van der Waals surface area contributed by atoms with Gasteiger partial charge in [-0.2, -0.15) is 0 Å². The number of nitrogens with zero attached hydrogens (tertiary/aromatic N) is 1. The maximum atomic E-state index is 12.4. The van der Waals surface area contributed by atoms with Crippen LogP contribution in [0.5, 0.6) is 17.2 Å². The molecule has 0 unspecified atom stereocenters. The highest BCUT2D eigenvalue weighted by Gasteiger charge is 2.15. The van der Waals surface area contributed by atoms with Crippen LogP contribution in [-0.2, 0) is 6.54 Å². The number of hydrogen-bond acceptors (Lipinski definition) is 6. The molecular formula is C20H21N3O4S. The fourth-order valence-electron chi connectivity index (χ4n) is 2.72. The van der Waals surface area contributed by atoms with E-state index in [9.17, 15) is 4.79 Å². The Balaban J connectivity index is 1.71. The number of urea groups is 1. The molecule has 0 atom stereocenters. The lowest BCUT2D eigenvalue weighted by Gasteiger charge is -2.15. The molecule has 0 bridgehead atoms. The van der Waals surface area contributed by atoms with Gasteiger partial charge in [0.15, 0.2) is 11.5 Å². The smallest absolute Gasteiger partial charge is 0.319 e. The summed E-state index contributed by atoms with van der Waals surface area (Å²) in [5.41, 5.74) is 2.33. The molecule has 0 saturated heterocycles. The van der Waals surface area contributed by atoms with Crippen LogP contribution in [0.1, 0.15) is 5.56 Å². The molecule has 0 aliphatic carbocycles. The summed E-state index contributed by atoms with van der Waals surface area (Å²) < 4.78 is 15.9. The van der Waals surface area contributed by atoms with Crippen molar-refractivity contribution >= 4 is 23.1 Å². The van der Waals surface area contributed by atoms with Crippen LogP contribution in [0.25, 0.3) is 10.6 Å². The maximum Gasteiger partial charge on any atom is 0.319 e. The topological polar surface area (TPSA) is 81.7 Å². The lowest BCUT2D eigenvalue weighted by molar-refractivity contribution is 0.251. The van der Waals surface area contributed by atoms with Crippen molar-refractivity contribution in [3.8, 4) is 27.8 Å². The molecule has 0 radical (unpaired) electrons. The maximum absolute atomic E-state index is 12.4. The van der Waals surface area contributed by atoms with Gasteiger partial charge in [0.25, 0.3) is 0 Å². The number of benzene rings is 1. The van der Waals surface area contributed by atoms with E-state index < -0.39 is 0 Å². The Bertz CT molecular complexity index is 919. The molecule has 2 N–H and O–H groups in total. The molecule has 7 nitrogen and oxygen atoms in total. The van der Waals surface area contributed by atoms with Crippen LogP contribution >= 0.6 is 11.3 Å². The fraction of sp³-hybridized carbons (Fsp3) is 0.200. The van der Waals surface area contributed by atoms with Gasteiger partial charge in [0.1, 0.15) is 0 Å². The van der Waals surface area contributed by atoms with Crippen LogP contribution in [0.4, 0.5) is 10.5 Å². The second-order valence-electron chi connectivity index (χ2n) is 5.71. The molecule has 146 valence electrons. The highest BCUT2D eigenvalue weighted by Crippen LogP contribution is 2.39. The molecule has 3 rings (SSSR count). The third-order valence-electron chi connectivity index (χ3n) is 4.01. The first kappa shape index (κ1) is 19.5. The molecule has 1 aromatic carbocycles. The summed E-state index contributed by atoms with van der Waals surface area (Å²) >= 11 is 1.61. The molecule has 0 aliphatic rings. The van der Waals surface area contributed by atoms with E-state index in [0.29, 0.717) is 29.5 Å². The average Bonchev–Trinajstić information content (AvgIpc) is 3.26. The predicted molar refractivity (Wildman–Crippen MR) is 110 cm³/mol. The minimum Gasteiger partial charge on any atom is -0.493 e. The fourth-order valence-corrected chi connectivity index (χ4v) is 3.48. The van der Waals surface area contributed by atoms with Gasteiger partial charge in [0, 0.05) is 24.9 Å². The molecule has 0 fully saturated rings. The van der Waals surface area contributed by atoms with Crippen molar-refractivity contribution < 1.29 is 19.0 Å². The Morgan fingerprint density at radius 2 is 1.82 bits per heavy atom. The monoisotopic (exact) mass is 399 g/mol. The number of amides is 2. The number of anilines is 1. The standard InChI is InChI=1S/C20H21N3O4S/c1-25-15-10-14(11-16(26-2)19(15)27-3)23-20(24)22-12-13-6-4-8-21-18(13)17-7-5-9-28-17/h4-11H,12H2,1-3H3,(H2,22,23,24). The number of thiophene rings is 1. The zero-order valence-electron chi connectivity index (χ0n) is 15.8. The molecule has 2 heterocycles. The lowest BCUT2D eigenvalue weighted by atomic mass is 10.1. The summed E-state index contributed by atoms with van der Waals surface area (Å²) in [6, 6.07) is 10.8. The van der Waals surface area contributed by atoms with Crippen molar-refractivity contribution in [3.05, 3.63) is 53.5 Å². The zero-order valence-corrected chi connectivity index (χ0v) is 16.6. The van der Waals surface area contributed by atoms with E-state index in [1.807, 2.05) is 29.6 Å². The number of nitrogens with one attached hydrogen (secondary N) is 2. The molecule has 0 aliphatic heterocycles. The highest BCUT2D eigenvalue weighted by molar-refractivity contribution is 7.13. The molecular weight excluding hydrogens is 378 g/mol. The van der Waals surface area contributed by atoms with Gasteiger partial charge in [-0.15, -0.1) is 11.3 Å². The van der Waals surface area contributed by atoms with Crippen LogP contribution in [0, 0.1) is 0 Å². The van der Waals surface area contributed by atoms with Gasteiger partial charge >= 0.3 is 6.03 Å². The molecule has 2 amide bonds. The molecule has 3 aromatic rings. The number of carbonyl (C=O) groups is 1. The first-order valence-electron chi connectivity index (χ1n) is 8.49. The van der Waals surface area contributed by atoms with Crippen molar-refractivity contribution in [2.24, 2.45) is 0 Å². The molecule has 2 aromatic heterocycles. The van der Waals surface area contributed by atoms with Crippen LogP contribution in [-0.4, -0.2) is 32.3 Å². The summed E-state index contributed by atoms with van der Waals surface area (Å²) in [7, 11) is 4.57. The molecule has 0 saturated carbocycles. The van der Waals surface area contributed by atoms with Gasteiger partial charge in [0.05, 0.1) is 37.6 Å². The van der Waals surface area contributed by atoms with E-state index in [0.717, 1.165) is 16.1 Å². The molecule has 0 spiro atoms. The number of pyridine rings is 1. The Kier molecular flexibility index (Phi) is 6.33. The van der Waals surface area contributed by atoms with Crippen LogP contribution in [0.3, 0.4) is 0 Å². The number of ether oxygens (including phenoxy) is 3. The van der Waals surface area contributed by atoms with E-state index in [1.165, 1.54) is 21.3 Å². The third kappa shape index (κ3) is 4.34. The van der Waals surface area contributed by atoms with Crippen molar-refractivity contribution in [1.82, 2.24) is 10.3 Å². The zero-order chi connectivity index (χ0) is 19.9. The summed E-state index contributed by atoms with van der Waals surface area (Å²) in [4.78, 5) is 17.9. The summed E-state index contributed by atoms with van der Waals surface area (Å²) in [6.45, 7) is 0.345. The van der Waals surface area contributed by atoms with Gasteiger partial charge in [0.2, 0.25) is 5.75 Å². The van der Waals surface area contributed by atoms with Crippen molar-refractivity contribution in [3.63, 3.8) is 0 Å². The number of carbonyl (C=O) groups excluding carboxylic acids is 1. The minimum absolute atomic E-state index is 0.345. The number of aromatic nitrogens is 1. The molecule has 8 heteroatoms. The van der Waals surface area contributed by atoms with Crippen molar-refractivity contribution in [2.75, 3.05) is 26.6 Å². The van der Waals surface area contributed by atoms with E-state index in [2.05, 4.69) is 15.6 Å². The van der Waals surface area contributed by atoms with E-state index in [-0.39, 0.29) is 6.03 Å². The van der Waals surface area contributed by atoms with Crippen molar-refractivity contribution in [1.29, 1.82) is 0 Å². The Morgan fingerprint density at radius 3 is 2.43 bits per heavy atom. The van der Waals surface area contributed by atoms with Gasteiger partial charge < -0.3 is 24.8 Å². The third-order valence-corrected chi connectivity index (χ3v) is 4.88. The van der Waals surface area contributed by atoms with Gasteiger partial charge in [-0.25, -0.2) is 4.79 Å². The lowest BCUT2D eigenvalue weighted by Crippen LogP contribution is -2.28. The summed E-state index contributed by atoms with van der Waals surface area (Å²) in [5.74, 6) is 1.39. The SMILES string of the molecule is COc1cc(NC(=O)NCc2cccnc2-c2cccs2)cc(OC)c1OC. The van der Waals surface area contributed by atoms with Crippen LogP contribution in [0.15, 0.2) is 48.0 Å². The second-order valence-corrected chi connectivity index (χ2v) is 6.66. The summed E-state index contributed by atoms with van der Waals surface area (Å²) in [6.07, 6.45) is 1.74. The number of rotatable bonds is 7. The Morgan fingerprint density at radius 1 is 1.07 bits per heavy atom. The molecule has 28 heavy (non-hydrogen) atoms. The Labute approximate surface area is 167 Å². The van der Waals surface area contributed by atoms with Gasteiger partial charge in [-0.3, -0.25) is 4.98 Å². The van der Waals surface area contributed by atoms with E-state index >= 15 is 0 Å². The average molecular weight is 399 g/mol. The second kappa shape index (κ2) is 9.09. The summed E-state index contributed by atoms with van der Waals surface area (Å²) in [5, 5.41) is 7.64. The highest BCUT2D eigenvalue weighted by atomic mass is 32.1. The first-order chi connectivity index (χ1) is 13.7. The number of hydrogen-bond donors (Lipinski definition) is 2. The van der Waals surface area contributed by atoms with E-state index in [1.54, 1.807) is 29.7 Å². The van der Waals surface area contributed by atoms with Crippen LogP contribution in [0.2, 0.25) is 0 Å². The van der Waals surface area contributed by atoms with Crippen LogP contribution < -0.4 is 24.8 Å². The Hall–Kier alpha value is -3.26. The van der Waals surface area contributed by atoms with Gasteiger partial charge in [-0.05, 0) is 23.1 Å². The normalized spacial score (nSPS) is 10.2. The largest absolute Gasteiger partial charge is 0.493 e. The first-order valence-corrected chi connectivity index (χ1v) is 9.37. The van der Waals surface area contributed by atoms with E-state index in [4.69, 9.17) is 14.2 Å². The number of methoxy groups -OCH3 is 3. The minimum atomic E-state index is -0.352. The van der Waals surface area contributed by atoms with Gasteiger partial charge in [-0.1, -0.05) is 12.1 Å². The predicted octanol–water partition coefficient (Wildman–Crippen LogP) is 4.16. The quantitative estimate of drug-likeness (QED) is 0.624.